The van der Waals surface area contributed by atoms with Gasteiger partial charge < -0.3 is 10.1 Å². The van der Waals surface area contributed by atoms with E-state index in [-0.39, 0.29) is 11.4 Å². The summed E-state index contributed by atoms with van der Waals surface area (Å²) in [6.07, 6.45) is 2.24. The molecule has 4 heteroatoms. The van der Waals surface area contributed by atoms with Gasteiger partial charge in [-0.15, -0.1) is 0 Å². The van der Waals surface area contributed by atoms with Crippen LogP contribution in [-0.2, 0) is 9.53 Å². The summed E-state index contributed by atoms with van der Waals surface area (Å²) < 4.78 is 5.33. The Morgan fingerprint density at radius 1 is 1.50 bits per heavy atom. The fraction of sp³-hybridized carbons (Fsp3) is 0.750. The molecule has 1 rings (SSSR count). The zero-order valence-electron chi connectivity index (χ0n) is 10.3. The molecule has 92 valence electrons. The van der Waals surface area contributed by atoms with E-state index in [4.69, 9.17) is 4.74 Å². The highest BCUT2D eigenvalue weighted by Gasteiger charge is 2.27. The number of nitrogens with one attached hydrogen (secondary N) is 1. The molecule has 1 fully saturated rings. The maximum Gasteiger partial charge on any atom is 0.243 e. The van der Waals surface area contributed by atoms with Crippen molar-refractivity contribution in [2.24, 2.45) is 0 Å². The third-order valence-electron chi connectivity index (χ3n) is 3.09. The second-order valence-corrected chi connectivity index (χ2v) is 4.66. The van der Waals surface area contributed by atoms with Crippen molar-refractivity contribution in [3.63, 3.8) is 0 Å². The van der Waals surface area contributed by atoms with E-state index >= 15 is 0 Å². The Balaban J connectivity index is 2.32. The minimum Gasteiger partial charge on any atom is -0.379 e. The van der Waals surface area contributed by atoms with Gasteiger partial charge in [0.1, 0.15) is 0 Å². The van der Waals surface area contributed by atoms with E-state index in [1.165, 1.54) is 6.08 Å². The molecule has 1 aliphatic rings. The van der Waals surface area contributed by atoms with Crippen LogP contribution in [0, 0.1) is 0 Å². The number of morpholine rings is 1. The van der Waals surface area contributed by atoms with Crippen LogP contribution >= 0.6 is 0 Å². The maximum absolute atomic E-state index is 11.0. The molecular formula is C12H22N2O2. The van der Waals surface area contributed by atoms with E-state index in [9.17, 15) is 4.79 Å². The summed E-state index contributed by atoms with van der Waals surface area (Å²) in [5.74, 6) is -0.0993. The van der Waals surface area contributed by atoms with Gasteiger partial charge in [-0.25, -0.2) is 0 Å². The molecule has 0 unspecified atom stereocenters. The first-order chi connectivity index (χ1) is 7.56. The van der Waals surface area contributed by atoms with E-state index in [1.807, 2.05) is 0 Å². The Bertz CT molecular complexity index is 245. The van der Waals surface area contributed by atoms with Crippen LogP contribution in [-0.4, -0.2) is 49.2 Å². The summed E-state index contributed by atoms with van der Waals surface area (Å²) in [6, 6.07) is 0. The summed E-state index contributed by atoms with van der Waals surface area (Å²) in [6.45, 7) is 12.1. The minimum atomic E-state index is -0.0993. The summed E-state index contributed by atoms with van der Waals surface area (Å²) in [5.41, 5.74) is 0.109. The maximum atomic E-state index is 11.0. The molecule has 0 atom stereocenters. The first-order valence-electron chi connectivity index (χ1n) is 5.79. The number of hydrogen-bond donors (Lipinski definition) is 1. The highest BCUT2D eigenvalue weighted by atomic mass is 16.5. The monoisotopic (exact) mass is 226 g/mol. The molecule has 0 spiro atoms. The normalized spacial score (nSPS) is 18.1. The average Bonchev–Trinajstić information content (AvgIpc) is 2.30. The first-order valence-corrected chi connectivity index (χ1v) is 5.79. The SMILES string of the molecule is C=CC(=O)NCCC(C)(C)N1CCOCC1. The van der Waals surface area contributed by atoms with Gasteiger partial charge in [0.25, 0.3) is 0 Å². The number of nitrogens with zero attached hydrogens (tertiary/aromatic N) is 1. The predicted octanol–water partition coefficient (Wildman–Crippen LogP) is 0.790. The lowest BCUT2D eigenvalue weighted by molar-refractivity contribution is -0.116. The molecule has 1 heterocycles. The van der Waals surface area contributed by atoms with Crippen molar-refractivity contribution in [3.8, 4) is 0 Å². The van der Waals surface area contributed by atoms with Crippen molar-refractivity contribution >= 4 is 5.91 Å². The van der Waals surface area contributed by atoms with Gasteiger partial charge in [0.15, 0.2) is 0 Å². The number of carbonyl (C=O) groups excluding carboxylic acids is 1. The van der Waals surface area contributed by atoms with Crippen LogP contribution in [0.4, 0.5) is 0 Å². The van der Waals surface area contributed by atoms with Crippen LogP contribution in [0.3, 0.4) is 0 Å². The number of rotatable bonds is 5. The smallest absolute Gasteiger partial charge is 0.243 e. The van der Waals surface area contributed by atoms with Crippen LogP contribution in [0.2, 0.25) is 0 Å². The second-order valence-electron chi connectivity index (χ2n) is 4.66. The molecule has 0 aromatic heterocycles. The van der Waals surface area contributed by atoms with E-state index in [0.29, 0.717) is 6.54 Å². The molecule has 0 aromatic carbocycles. The molecule has 4 nitrogen and oxygen atoms in total. The van der Waals surface area contributed by atoms with Gasteiger partial charge in [-0.05, 0) is 26.3 Å². The van der Waals surface area contributed by atoms with E-state index in [1.54, 1.807) is 0 Å². The predicted molar refractivity (Wildman–Crippen MR) is 64.3 cm³/mol. The molecule has 16 heavy (non-hydrogen) atoms. The molecule has 1 N–H and O–H groups in total. The summed E-state index contributed by atoms with van der Waals surface area (Å²) in [7, 11) is 0. The first kappa shape index (κ1) is 13.2. The summed E-state index contributed by atoms with van der Waals surface area (Å²) >= 11 is 0. The van der Waals surface area contributed by atoms with Crippen molar-refractivity contribution in [3.05, 3.63) is 12.7 Å². The van der Waals surface area contributed by atoms with Gasteiger partial charge in [-0.3, -0.25) is 9.69 Å². The van der Waals surface area contributed by atoms with Crippen molar-refractivity contribution in [1.29, 1.82) is 0 Å². The molecule has 0 saturated carbocycles. The summed E-state index contributed by atoms with van der Waals surface area (Å²) in [4.78, 5) is 13.4. The molecular weight excluding hydrogens is 204 g/mol. The number of ether oxygens (including phenoxy) is 1. The van der Waals surface area contributed by atoms with Gasteiger partial charge in [-0.2, -0.15) is 0 Å². The third-order valence-corrected chi connectivity index (χ3v) is 3.09. The van der Waals surface area contributed by atoms with Crippen LogP contribution < -0.4 is 5.32 Å². The Labute approximate surface area is 97.6 Å². The topological polar surface area (TPSA) is 41.6 Å². The second kappa shape index (κ2) is 6.01. The molecule has 0 bridgehead atoms. The highest BCUT2D eigenvalue weighted by molar-refractivity contribution is 5.86. The Kier molecular flexibility index (Phi) is 4.96. The molecule has 0 aliphatic carbocycles. The average molecular weight is 226 g/mol. The molecule has 1 saturated heterocycles. The number of amides is 1. The van der Waals surface area contributed by atoms with Crippen LogP contribution in [0.25, 0.3) is 0 Å². The van der Waals surface area contributed by atoms with Gasteiger partial charge in [0, 0.05) is 25.2 Å². The van der Waals surface area contributed by atoms with E-state index < -0.39 is 0 Å². The van der Waals surface area contributed by atoms with Gasteiger partial charge in [0.05, 0.1) is 13.2 Å². The van der Waals surface area contributed by atoms with Crippen molar-refractivity contribution in [2.45, 2.75) is 25.8 Å². The Morgan fingerprint density at radius 2 is 2.12 bits per heavy atom. The summed E-state index contributed by atoms with van der Waals surface area (Å²) in [5, 5.41) is 2.81. The van der Waals surface area contributed by atoms with Crippen LogP contribution in [0.15, 0.2) is 12.7 Å². The number of carbonyl (C=O) groups is 1. The standard InChI is InChI=1S/C12H22N2O2/c1-4-11(15)13-6-5-12(2,3)14-7-9-16-10-8-14/h4H,1,5-10H2,2-3H3,(H,13,15). The zero-order chi connectivity index (χ0) is 12.0. The zero-order valence-corrected chi connectivity index (χ0v) is 10.3. The van der Waals surface area contributed by atoms with Gasteiger partial charge in [0.2, 0.25) is 5.91 Å². The highest BCUT2D eigenvalue weighted by Crippen LogP contribution is 2.19. The van der Waals surface area contributed by atoms with E-state index in [2.05, 4.69) is 30.6 Å². The lowest BCUT2D eigenvalue weighted by Crippen LogP contribution is -2.51. The minimum absolute atomic E-state index is 0.0993. The van der Waals surface area contributed by atoms with E-state index in [0.717, 1.165) is 32.7 Å². The largest absolute Gasteiger partial charge is 0.379 e. The lowest BCUT2D eigenvalue weighted by atomic mass is 9.97. The van der Waals surface area contributed by atoms with Gasteiger partial charge >= 0.3 is 0 Å². The lowest BCUT2D eigenvalue weighted by Gasteiger charge is -2.41. The van der Waals surface area contributed by atoms with Crippen LogP contribution in [0.1, 0.15) is 20.3 Å². The Morgan fingerprint density at radius 3 is 2.69 bits per heavy atom. The molecule has 0 aromatic rings. The third kappa shape index (κ3) is 3.94. The molecule has 0 radical (unpaired) electrons. The fourth-order valence-electron chi connectivity index (χ4n) is 1.89. The Hall–Kier alpha value is -0.870. The number of hydrogen-bond acceptors (Lipinski definition) is 3. The quantitative estimate of drug-likeness (QED) is 0.705. The van der Waals surface area contributed by atoms with Crippen molar-refractivity contribution < 1.29 is 9.53 Å². The molecule has 1 aliphatic heterocycles. The van der Waals surface area contributed by atoms with Crippen molar-refractivity contribution in [2.75, 3.05) is 32.8 Å². The molecule has 1 amide bonds. The van der Waals surface area contributed by atoms with Crippen molar-refractivity contribution in [1.82, 2.24) is 10.2 Å². The van der Waals surface area contributed by atoms with Crippen LogP contribution in [0.5, 0.6) is 0 Å². The fourth-order valence-corrected chi connectivity index (χ4v) is 1.89. The van der Waals surface area contributed by atoms with Gasteiger partial charge in [-0.1, -0.05) is 6.58 Å².